The molecule has 2 saturated carbocycles. The minimum Gasteiger partial charge on any atom is -0.550 e. The molecule has 1 aromatic carbocycles. The van der Waals surface area contributed by atoms with Gasteiger partial charge in [-0.3, -0.25) is 4.79 Å². The van der Waals surface area contributed by atoms with Gasteiger partial charge in [0.15, 0.2) is 0 Å². The summed E-state index contributed by atoms with van der Waals surface area (Å²) in [4.78, 5) is 26.7. The lowest BCUT2D eigenvalue weighted by molar-refractivity contribution is -0.314. The van der Waals surface area contributed by atoms with Crippen LogP contribution in [0.2, 0.25) is 0 Å². The largest absolute Gasteiger partial charge is 0.550 e. The number of amides is 1. The Morgan fingerprint density at radius 3 is 2.24 bits per heavy atom. The number of nitrogens with zero attached hydrogens (tertiary/aromatic N) is 2. The second-order valence-corrected chi connectivity index (χ2v) is 10.6. The zero-order valence-corrected chi connectivity index (χ0v) is 17.7. The normalized spacial score (nSPS) is 29.9. The van der Waals surface area contributed by atoms with E-state index in [2.05, 4.69) is 0 Å². The van der Waals surface area contributed by atoms with Crippen LogP contribution in [0.5, 0.6) is 0 Å². The number of carboxylic acids is 1. The molecule has 1 amide bonds. The molecule has 1 heterocycles. The van der Waals surface area contributed by atoms with Gasteiger partial charge in [-0.05, 0) is 62.1 Å². The van der Waals surface area contributed by atoms with Gasteiger partial charge in [-0.2, -0.15) is 4.31 Å². The number of carbonyl (C=O) groups excluding carboxylic acids is 2. The molecule has 7 nitrogen and oxygen atoms in total. The van der Waals surface area contributed by atoms with Gasteiger partial charge in [0.1, 0.15) is 0 Å². The van der Waals surface area contributed by atoms with Crippen LogP contribution in [0, 0.1) is 37.5 Å². The van der Waals surface area contributed by atoms with E-state index in [-0.39, 0.29) is 43.9 Å². The van der Waals surface area contributed by atoms with E-state index in [4.69, 9.17) is 0 Å². The molecule has 1 aromatic rings. The topological polar surface area (TPSA) is 97.8 Å². The predicted octanol–water partition coefficient (Wildman–Crippen LogP) is 0.549. The SMILES string of the molecule is Cc1ccc(C)c(S(=O)(=O)N2CCN(C(=O)[C@@H]3[C@@H]4CC[C@H](C4)[C@@H]3C(=O)[O-])CC2)c1. The molecule has 0 aromatic heterocycles. The van der Waals surface area contributed by atoms with E-state index in [1.165, 1.54) is 4.31 Å². The van der Waals surface area contributed by atoms with Crippen LogP contribution >= 0.6 is 0 Å². The average Bonchev–Trinajstić information content (AvgIpc) is 3.31. The van der Waals surface area contributed by atoms with Crippen molar-refractivity contribution in [2.45, 2.75) is 38.0 Å². The maximum absolute atomic E-state index is 13.1. The van der Waals surface area contributed by atoms with E-state index in [1.54, 1.807) is 24.0 Å². The lowest BCUT2D eigenvalue weighted by Crippen LogP contribution is -2.54. The van der Waals surface area contributed by atoms with Crippen LogP contribution in [0.1, 0.15) is 30.4 Å². The molecule has 8 heteroatoms. The molecular formula is C21H27N2O5S-. The molecule has 1 saturated heterocycles. The Hall–Kier alpha value is -1.93. The Morgan fingerprint density at radius 2 is 1.62 bits per heavy atom. The highest BCUT2D eigenvalue weighted by Gasteiger charge is 2.52. The molecule has 0 unspecified atom stereocenters. The van der Waals surface area contributed by atoms with Gasteiger partial charge in [0.05, 0.1) is 4.90 Å². The van der Waals surface area contributed by atoms with Crippen molar-refractivity contribution in [2.75, 3.05) is 26.2 Å². The van der Waals surface area contributed by atoms with Crippen molar-refractivity contribution in [2.24, 2.45) is 23.7 Å². The number of carbonyl (C=O) groups is 2. The Balaban J connectivity index is 1.46. The first-order chi connectivity index (χ1) is 13.7. The molecule has 2 bridgehead atoms. The zero-order chi connectivity index (χ0) is 20.9. The van der Waals surface area contributed by atoms with Gasteiger partial charge < -0.3 is 14.8 Å². The third-order valence-corrected chi connectivity index (χ3v) is 9.03. The lowest BCUT2D eigenvalue weighted by Gasteiger charge is -2.39. The fourth-order valence-electron chi connectivity index (χ4n) is 5.47. The van der Waals surface area contributed by atoms with Crippen molar-refractivity contribution in [1.29, 1.82) is 0 Å². The van der Waals surface area contributed by atoms with Crippen LogP contribution < -0.4 is 5.11 Å². The predicted molar refractivity (Wildman–Crippen MR) is 104 cm³/mol. The number of rotatable bonds is 4. The van der Waals surface area contributed by atoms with Gasteiger partial charge >= 0.3 is 0 Å². The maximum atomic E-state index is 13.1. The Morgan fingerprint density at radius 1 is 1.00 bits per heavy atom. The summed E-state index contributed by atoms with van der Waals surface area (Å²) in [5.74, 6) is -2.31. The number of hydrogen-bond acceptors (Lipinski definition) is 5. The summed E-state index contributed by atoms with van der Waals surface area (Å²) in [6.07, 6.45) is 2.54. The summed E-state index contributed by atoms with van der Waals surface area (Å²) in [6, 6.07) is 5.37. The van der Waals surface area contributed by atoms with Crippen molar-refractivity contribution in [1.82, 2.24) is 9.21 Å². The van der Waals surface area contributed by atoms with Crippen LogP contribution in [-0.2, 0) is 19.6 Å². The van der Waals surface area contributed by atoms with Gasteiger partial charge in [0, 0.05) is 44.0 Å². The van der Waals surface area contributed by atoms with Crippen molar-refractivity contribution in [3.05, 3.63) is 29.3 Å². The number of hydrogen-bond donors (Lipinski definition) is 0. The summed E-state index contributed by atoms with van der Waals surface area (Å²) in [7, 11) is -3.62. The Labute approximate surface area is 171 Å². The average molecular weight is 420 g/mol. The lowest BCUT2D eigenvalue weighted by atomic mass is 9.78. The van der Waals surface area contributed by atoms with E-state index in [0.717, 1.165) is 24.8 Å². The molecule has 2 aliphatic carbocycles. The van der Waals surface area contributed by atoms with Gasteiger partial charge in [-0.15, -0.1) is 0 Å². The molecule has 0 radical (unpaired) electrons. The third-order valence-electron chi connectivity index (χ3n) is 6.99. The first-order valence-corrected chi connectivity index (χ1v) is 11.7. The standard InChI is InChI=1S/C21H28N2O5S/c1-13-3-4-14(2)17(11-13)29(27,28)23-9-7-22(8-10-23)20(24)18-15-5-6-16(12-15)19(18)21(25)26/h3-4,11,15-16,18-19H,5-10,12H2,1-2H3,(H,25,26)/p-1/t15-,16-,18-,19+/m1/s1. The molecule has 29 heavy (non-hydrogen) atoms. The first kappa shape index (κ1) is 20.3. The molecular weight excluding hydrogens is 392 g/mol. The first-order valence-electron chi connectivity index (χ1n) is 10.3. The maximum Gasteiger partial charge on any atom is 0.243 e. The van der Waals surface area contributed by atoms with E-state index in [9.17, 15) is 23.1 Å². The Bertz CT molecular complexity index is 936. The number of sulfonamides is 1. The number of carboxylic acid groups (broad SMARTS) is 1. The van der Waals surface area contributed by atoms with Gasteiger partial charge in [0.25, 0.3) is 0 Å². The fraction of sp³-hybridized carbons (Fsp3) is 0.619. The van der Waals surface area contributed by atoms with Crippen LogP contribution in [0.3, 0.4) is 0 Å². The van der Waals surface area contributed by atoms with Crippen LogP contribution in [0.15, 0.2) is 23.1 Å². The van der Waals surface area contributed by atoms with Crippen LogP contribution in [-0.4, -0.2) is 55.7 Å². The van der Waals surface area contributed by atoms with Crippen molar-refractivity contribution in [3.8, 4) is 0 Å². The summed E-state index contributed by atoms with van der Waals surface area (Å²) in [5, 5.41) is 11.6. The molecule has 0 spiro atoms. The molecule has 4 atom stereocenters. The van der Waals surface area contributed by atoms with E-state index in [1.807, 2.05) is 13.0 Å². The highest BCUT2D eigenvalue weighted by molar-refractivity contribution is 7.89. The summed E-state index contributed by atoms with van der Waals surface area (Å²) >= 11 is 0. The number of fused-ring (bicyclic) bond motifs is 2. The minimum atomic E-state index is -3.62. The third kappa shape index (κ3) is 3.46. The number of piperazine rings is 1. The van der Waals surface area contributed by atoms with E-state index < -0.39 is 27.8 Å². The Kier molecular flexibility index (Phi) is 5.19. The molecule has 0 N–H and O–H groups in total. The molecule has 1 aliphatic heterocycles. The number of aliphatic carboxylic acids is 1. The molecule has 3 aliphatic rings. The summed E-state index contributed by atoms with van der Waals surface area (Å²) < 4.78 is 27.6. The van der Waals surface area contributed by atoms with Gasteiger partial charge in [-0.1, -0.05) is 12.1 Å². The van der Waals surface area contributed by atoms with E-state index in [0.29, 0.717) is 10.5 Å². The van der Waals surface area contributed by atoms with Crippen molar-refractivity contribution < 1.29 is 23.1 Å². The van der Waals surface area contributed by atoms with Crippen molar-refractivity contribution >= 4 is 21.9 Å². The van der Waals surface area contributed by atoms with Crippen LogP contribution in [0.4, 0.5) is 0 Å². The summed E-state index contributed by atoms with van der Waals surface area (Å²) in [6.45, 7) is 4.66. The van der Waals surface area contributed by atoms with Gasteiger partial charge in [0.2, 0.25) is 15.9 Å². The summed E-state index contributed by atoms with van der Waals surface area (Å²) in [5.41, 5.74) is 1.58. The smallest absolute Gasteiger partial charge is 0.243 e. The fourth-order valence-corrected chi connectivity index (χ4v) is 7.20. The molecule has 158 valence electrons. The zero-order valence-electron chi connectivity index (χ0n) is 16.8. The number of benzene rings is 1. The highest BCUT2D eigenvalue weighted by atomic mass is 32.2. The monoisotopic (exact) mass is 419 g/mol. The second-order valence-electron chi connectivity index (χ2n) is 8.70. The van der Waals surface area contributed by atoms with E-state index >= 15 is 0 Å². The highest BCUT2D eigenvalue weighted by Crippen LogP contribution is 2.52. The van der Waals surface area contributed by atoms with Gasteiger partial charge in [-0.25, -0.2) is 8.42 Å². The quantitative estimate of drug-likeness (QED) is 0.710. The van der Waals surface area contributed by atoms with Crippen LogP contribution in [0.25, 0.3) is 0 Å². The molecule has 4 rings (SSSR count). The molecule has 3 fully saturated rings. The van der Waals surface area contributed by atoms with Crippen molar-refractivity contribution in [3.63, 3.8) is 0 Å². The number of aryl methyl sites for hydroxylation is 2. The second kappa shape index (κ2) is 7.40. The minimum absolute atomic E-state index is 0.0462.